The molecule has 0 aromatic carbocycles. The van der Waals surface area contributed by atoms with Gasteiger partial charge in [0.25, 0.3) is 5.91 Å². The zero-order valence-electron chi connectivity index (χ0n) is 12.3. The van der Waals surface area contributed by atoms with Crippen LogP contribution in [0.3, 0.4) is 0 Å². The molecule has 116 valence electrons. The first kappa shape index (κ1) is 17.8. The zero-order valence-corrected chi connectivity index (χ0v) is 13.9. The van der Waals surface area contributed by atoms with Gasteiger partial charge in [0.15, 0.2) is 0 Å². The number of rotatable bonds is 8. The molecule has 1 amide bonds. The van der Waals surface area contributed by atoms with Crippen LogP contribution in [-0.4, -0.2) is 21.3 Å². The lowest BCUT2D eigenvalue weighted by Gasteiger charge is -2.17. The topological polar surface area (TPSA) is 59.5 Å². The van der Waals surface area contributed by atoms with Crippen LogP contribution in [0.2, 0.25) is 0 Å². The van der Waals surface area contributed by atoms with Gasteiger partial charge in [0.1, 0.15) is 5.03 Å². The number of carbonyl (C=O) groups is 2. The van der Waals surface area contributed by atoms with E-state index in [2.05, 4.69) is 11.9 Å². The van der Waals surface area contributed by atoms with Crippen LogP contribution in [0.1, 0.15) is 46.0 Å². The number of amides is 1. The van der Waals surface area contributed by atoms with E-state index in [1.165, 1.54) is 10.8 Å². The van der Waals surface area contributed by atoms with Crippen LogP contribution in [0, 0.1) is 0 Å². The first-order chi connectivity index (χ1) is 10.2. The molecule has 0 spiro atoms. The number of carbonyl (C=O) groups excluding carboxylic acids is 2. The molecule has 0 fully saturated rings. The molecule has 1 aromatic rings. The third kappa shape index (κ3) is 7.38. The second-order valence-electron chi connectivity index (χ2n) is 4.25. The van der Waals surface area contributed by atoms with Crippen molar-refractivity contribution in [2.45, 2.75) is 51.0 Å². The van der Waals surface area contributed by atoms with Crippen LogP contribution < -0.4 is 0 Å². The maximum Gasteiger partial charge on any atom is 0.333 e. The third-order valence-electron chi connectivity index (χ3n) is 2.50. The standard InChI is InChI=1S/C14H20N2O3S2/c1-3-5-6-10-14(18)19-16(13(17)4-2)21-20-12-9-7-8-11-15-12/h7-9,11H,3-6,10H2,1-2H3. The lowest BCUT2D eigenvalue weighted by molar-refractivity contribution is -0.176. The Labute approximate surface area is 133 Å². The second-order valence-corrected chi connectivity index (χ2v) is 6.26. The van der Waals surface area contributed by atoms with Crippen LogP contribution in [0.5, 0.6) is 0 Å². The Morgan fingerprint density at radius 3 is 2.71 bits per heavy atom. The molecule has 0 radical (unpaired) electrons. The van der Waals surface area contributed by atoms with Crippen molar-refractivity contribution in [1.82, 2.24) is 9.45 Å². The minimum atomic E-state index is -0.376. The highest BCUT2D eigenvalue weighted by Crippen LogP contribution is 2.33. The Morgan fingerprint density at radius 1 is 1.29 bits per heavy atom. The molecule has 0 saturated heterocycles. The summed E-state index contributed by atoms with van der Waals surface area (Å²) >= 11 is 0. The number of hydrogen-bond acceptors (Lipinski definition) is 6. The fourth-order valence-corrected chi connectivity index (χ4v) is 3.14. The summed E-state index contributed by atoms with van der Waals surface area (Å²) in [5.41, 5.74) is 0. The van der Waals surface area contributed by atoms with E-state index < -0.39 is 0 Å². The lowest BCUT2D eigenvalue weighted by atomic mass is 10.2. The summed E-state index contributed by atoms with van der Waals surface area (Å²) in [6, 6.07) is 5.51. The predicted octanol–water partition coefficient (Wildman–Crippen LogP) is 4.01. The molecule has 1 heterocycles. The summed E-state index contributed by atoms with van der Waals surface area (Å²) in [5, 5.41) is 0.749. The summed E-state index contributed by atoms with van der Waals surface area (Å²) in [7, 11) is 2.35. The number of pyridine rings is 1. The van der Waals surface area contributed by atoms with E-state index in [1.54, 1.807) is 13.1 Å². The third-order valence-corrected chi connectivity index (χ3v) is 4.55. The Kier molecular flexibility index (Phi) is 8.93. The van der Waals surface area contributed by atoms with Crippen molar-refractivity contribution in [1.29, 1.82) is 0 Å². The summed E-state index contributed by atoms with van der Waals surface area (Å²) in [5.74, 6) is -0.619. The Hall–Kier alpha value is -1.21. The van der Waals surface area contributed by atoms with E-state index in [4.69, 9.17) is 4.84 Å². The highest BCUT2D eigenvalue weighted by atomic mass is 33.1. The van der Waals surface area contributed by atoms with E-state index in [-0.39, 0.29) is 18.3 Å². The maximum absolute atomic E-state index is 11.8. The van der Waals surface area contributed by atoms with E-state index in [0.717, 1.165) is 39.7 Å². The molecule has 0 bridgehead atoms. The van der Waals surface area contributed by atoms with Crippen LogP contribution >= 0.6 is 21.8 Å². The number of aromatic nitrogens is 1. The summed E-state index contributed by atoms with van der Waals surface area (Å²) in [6.45, 7) is 3.80. The molecule has 0 aliphatic carbocycles. The minimum Gasteiger partial charge on any atom is -0.326 e. The Bertz CT molecular complexity index is 443. The van der Waals surface area contributed by atoms with E-state index in [9.17, 15) is 9.59 Å². The fraction of sp³-hybridized carbons (Fsp3) is 0.500. The van der Waals surface area contributed by atoms with Crippen molar-refractivity contribution in [2.24, 2.45) is 0 Å². The molecule has 0 N–H and O–H groups in total. The van der Waals surface area contributed by atoms with E-state index in [0.29, 0.717) is 6.42 Å². The van der Waals surface area contributed by atoms with Crippen molar-refractivity contribution in [3.63, 3.8) is 0 Å². The molecular formula is C14H20N2O3S2. The lowest BCUT2D eigenvalue weighted by Crippen LogP contribution is -2.26. The van der Waals surface area contributed by atoms with Gasteiger partial charge in [-0.3, -0.25) is 4.79 Å². The first-order valence-electron chi connectivity index (χ1n) is 6.96. The summed E-state index contributed by atoms with van der Waals surface area (Å²) in [4.78, 5) is 32.8. The molecule has 0 atom stereocenters. The average Bonchev–Trinajstić information content (AvgIpc) is 2.52. The van der Waals surface area contributed by atoms with Gasteiger partial charge in [0.2, 0.25) is 0 Å². The molecule has 0 unspecified atom stereocenters. The van der Waals surface area contributed by atoms with Gasteiger partial charge in [-0.1, -0.05) is 37.2 Å². The average molecular weight is 328 g/mol. The van der Waals surface area contributed by atoms with Gasteiger partial charge in [-0.05, 0) is 29.3 Å². The summed E-state index contributed by atoms with van der Waals surface area (Å²) < 4.78 is 1.05. The van der Waals surface area contributed by atoms with Crippen LogP contribution in [0.4, 0.5) is 0 Å². The van der Waals surface area contributed by atoms with Gasteiger partial charge >= 0.3 is 5.97 Å². The normalized spacial score (nSPS) is 10.2. The van der Waals surface area contributed by atoms with Gasteiger partial charge in [-0.2, -0.15) is 0 Å². The molecule has 0 aliphatic rings. The van der Waals surface area contributed by atoms with Gasteiger partial charge in [-0.15, -0.1) is 0 Å². The molecule has 0 saturated carbocycles. The molecule has 0 aliphatic heterocycles. The van der Waals surface area contributed by atoms with Crippen LogP contribution in [-0.2, 0) is 14.4 Å². The second kappa shape index (κ2) is 10.5. The Morgan fingerprint density at radius 2 is 2.10 bits per heavy atom. The monoisotopic (exact) mass is 328 g/mol. The molecular weight excluding hydrogens is 308 g/mol. The SMILES string of the molecule is CCCCCC(=O)ON(SSc1ccccn1)C(=O)CC. The minimum absolute atomic E-state index is 0.243. The molecule has 5 nitrogen and oxygen atoms in total. The smallest absolute Gasteiger partial charge is 0.326 e. The van der Waals surface area contributed by atoms with Gasteiger partial charge in [0, 0.05) is 19.0 Å². The van der Waals surface area contributed by atoms with Crippen molar-refractivity contribution < 1.29 is 14.4 Å². The summed E-state index contributed by atoms with van der Waals surface area (Å²) in [6.07, 6.45) is 5.07. The van der Waals surface area contributed by atoms with Crippen molar-refractivity contribution >= 4 is 33.7 Å². The number of unbranched alkanes of at least 4 members (excludes halogenated alkanes) is 2. The molecule has 21 heavy (non-hydrogen) atoms. The van der Waals surface area contributed by atoms with Crippen molar-refractivity contribution in [3.8, 4) is 0 Å². The molecule has 7 heteroatoms. The molecule has 1 aromatic heterocycles. The first-order valence-corrected chi connectivity index (χ1v) is 9.07. The molecule has 1 rings (SSSR count). The van der Waals surface area contributed by atoms with Crippen LogP contribution in [0.25, 0.3) is 0 Å². The maximum atomic E-state index is 11.8. The van der Waals surface area contributed by atoms with E-state index >= 15 is 0 Å². The highest BCUT2D eigenvalue weighted by Gasteiger charge is 2.19. The number of hydroxylamine groups is 1. The largest absolute Gasteiger partial charge is 0.333 e. The van der Waals surface area contributed by atoms with Gasteiger partial charge in [-0.25, -0.2) is 9.78 Å². The number of hydrogen-bond donors (Lipinski definition) is 0. The highest BCUT2D eigenvalue weighted by molar-refractivity contribution is 8.75. The van der Waals surface area contributed by atoms with E-state index in [1.807, 2.05) is 18.2 Å². The van der Waals surface area contributed by atoms with Crippen LogP contribution in [0.15, 0.2) is 29.4 Å². The zero-order chi connectivity index (χ0) is 15.5. The Balaban J connectivity index is 2.48. The number of nitrogens with zero attached hydrogens (tertiary/aromatic N) is 2. The predicted molar refractivity (Wildman–Crippen MR) is 85.1 cm³/mol. The quantitative estimate of drug-likeness (QED) is 0.311. The fourth-order valence-electron chi connectivity index (χ4n) is 1.36. The van der Waals surface area contributed by atoms with Gasteiger partial charge < -0.3 is 4.84 Å². The van der Waals surface area contributed by atoms with Crippen molar-refractivity contribution in [3.05, 3.63) is 24.4 Å². The van der Waals surface area contributed by atoms with Crippen molar-refractivity contribution in [2.75, 3.05) is 0 Å². The van der Waals surface area contributed by atoms with Gasteiger partial charge in [0.05, 0.1) is 11.0 Å².